The van der Waals surface area contributed by atoms with E-state index >= 15 is 0 Å². The number of hydrogen-bond acceptors (Lipinski definition) is 2. The molecule has 0 aliphatic carbocycles. The third kappa shape index (κ3) is 2.63. The van der Waals surface area contributed by atoms with Crippen LogP contribution in [0.3, 0.4) is 0 Å². The maximum Gasteiger partial charge on any atom is 0.353 e. The molecule has 0 aromatic heterocycles. The van der Waals surface area contributed by atoms with Crippen molar-refractivity contribution in [2.75, 3.05) is 14.1 Å². The molecule has 4 heteroatoms. The van der Waals surface area contributed by atoms with Gasteiger partial charge >= 0.3 is 5.97 Å². The van der Waals surface area contributed by atoms with Crippen molar-refractivity contribution in [1.82, 2.24) is 4.90 Å². The van der Waals surface area contributed by atoms with Crippen LogP contribution in [0.2, 0.25) is 0 Å². The number of nitrogens with zero attached hydrogens (tertiary/aromatic N) is 1. The number of carboxylic acids is 1. The Kier molecular flexibility index (Phi) is 3.68. The van der Waals surface area contributed by atoms with E-state index < -0.39 is 5.97 Å². The molecule has 0 aliphatic rings. The Morgan fingerprint density at radius 1 is 1.64 bits per heavy atom. The highest BCUT2D eigenvalue weighted by atomic mass is 35.5. The van der Waals surface area contributed by atoms with Crippen LogP contribution in [0, 0.1) is 0 Å². The van der Waals surface area contributed by atoms with E-state index in [0.717, 1.165) is 0 Å². The number of halogens is 1. The van der Waals surface area contributed by atoms with Crippen LogP contribution in [0.4, 0.5) is 0 Å². The molecule has 62 valence electrons. The second-order valence-electron chi connectivity index (χ2n) is 2.10. The normalized spacial score (nSPS) is 11.9. The topological polar surface area (TPSA) is 40.5 Å². The standard InChI is InChI=1S/C7H10ClNO2/c1-4-5(8)6(7(10)11)9(2)3/h4H,1H2,2-3H3,(H,10,11)/b6-5+. The quantitative estimate of drug-likeness (QED) is 0.519. The zero-order valence-corrected chi connectivity index (χ0v) is 7.22. The maximum atomic E-state index is 10.5. The summed E-state index contributed by atoms with van der Waals surface area (Å²) < 4.78 is 0. The van der Waals surface area contributed by atoms with Gasteiger partial charge in [0.2, 0.25) is 0 Å². The molecule has 0 atom stereocenters. The minimum absolute atomic E-state index is 0.0432. The van der Waals surface area contributed by atoms with Crippen molar-refractivity contribution >= 4 is 17.6 Å². The van der Waals surface area contributed by atoms with Crippen molar-refractivity contribution in [2.45, 2.75) is 0 Å². The SMILES string of the molecule is C=C/C(Cl)=C(/C(=O)O)N(C)C. The predicted octanol–water partition coefficient (Wildman–Crippen LogP) is 1.27. The van der Waals surface area contributed by atoms with Gasteiger partial charge in [-0.05, 0) is 6.08 Å². The summed E-state index contributed by atoms with van der Waals surface area (Å²) in [4.78, 5) is 11.9. The van der Waals surface area contributed by atoms with Crippen LogP contribution in [0.25, 0.3) is 0 Å². The zero-order valence-electron chi connectivity index (χ0n) is 6.47. The lowest BCUT2D eigenvalue weighted by Gasteiger charge is -2.13. The fraction of sp³-hybridized carbons (Fsp3) is 0.286. The van der Waals surface area contributed by atoms with Crippen molar-refractivity contribution in [3.63, 3.8) is 0 Å². The Morgan fingerprint density at radius 2 is 2.09 bits per heavy atom. The molecular formula is C7H10ClNO2. The van der Waals surface area contributed by atoms with E-state index in [1.54, 1.807) is 14.1 Å². The average molecular weight is 176 g/mol. The Hall–Kier alpha value is -0.960. The molecule has 0 aromatic carbocycles. The van der Waals surface area contributed by atoms with E-state index in [0.29, 0.717) is 0 Å². The molecule has 11 heavy (non-hydrogen) atoms. The summed E-state index contributed by atoms with van der Waals surface area (Å²) in [7, 11) is 3.21. The van der Waals surface area contributed by atoms with Gasteiger partial charge in [-0.3, -0.25) is 0 Å². The zero-order chi connectivity index (χ0) is 9.02. The largest absolute Gasteiger partial charge is 0.477 e. The van der Waals surface area contributed by atoms with Crippen LogP contribution in [0.1, 0.15) is 0 Å². The number of hydrogen-bond donors (Lipinski definition) is 1. The Balaban J connectivity index is 4.87. The Morgan fingerprint density at radius 3 is 2.18 bits per heavy atom. The summed E-state index contributed by atoms with van der Waals surface area (Å²) >= 11 is 5.56. The van der Waals surface area contributed by atoms with Crippen LogP contribution in [-0.4, -0.2) is 30.1 Å². The molecule has 0 unspecified atom stereocenters. The summed E-state index contributed by atoms with van der Waals surface area (Å²) in [6, 6.07) is 0. The molecule has 0 spiro atoms. The lowest BCUT2D eigenvalue weighted by Crippen LogP contribution is -2.19. The molecule has 0 rings (SSSR count). The third-order valence-corrected chi connectivity index (χ3v) is 1.39. The molecule has 1 N–H and O–H groups in total. The van der Waals surface area contributed by atoms with E-state index in [1.165, 1.54) is 11.0 Å². The first-order valence-electron chi connectivity index (χ1n) is 2.93. The van der Waals surface area contributed by atoms with E-state index in [9.17, 15) is 4.79 Å². The highest BCUT2D eigenvalue weighted by molar-refractivity contribution is 6.33. The molecule has 0 saturated carbocycles. The number of carbonyl (C=O) groups is 1. The molecule has 0 bridgehead atoms. The van der Waals surface area contributed by atoms with Crippen molar-refractivity contribution in [1.29, 1.82) is 0 Å². The Bertz CT molecular complexity index is 208. The second-order valence-corrected chi connectivity index (χ2v) is 2.51. The number of carboxylic acid groups (broad SMARTS) is 1. The lowest BCUT2D eigenvalue weighted by atomic mass is 10.3. The van der Waals surface area contributed by atoms with Crippen LogP contribution < -0.4 is 0 Å². The minimum atomic E-state index is -1.06. The fourth-order valence-corrected chi connectivity index (χ4v) is 0.854. The van der Waals surface area contributed by atoms with Gasteiger partial charge in [0, 0.05) is 14.1 Å². The highest BCUT2D eigenvalue weighted by Crippen LogP contribution is 2.12. The summed E-state index contributed by atoms with van der Waals surface area (Å²) in [5.74, 6) is -1.06. The van der Waals surface area contributed by atoms with Gasteiger partial charge in [0.05, 0.1) is 5.03 Å². The first-order chi connectivity index (χ1) is 5.00. The van der Waals surface area contributed by atoms with Crippen LogP contribution in [0.15, 0.2) is 23.4 Å². The molecular weight excluding hydrogens is 166 g/mol. The predicted molar refractivity (Wildman–Crippen MR) is 44.4 cm³/mol. The van der Waals surface area contributed by atoms with Gasteiger partial charge in [-0.25, -0.2) is 4.79 Å². The van der Waals surface area contributed by atoms with E-state index in [4.69, 9.17) is 16.7 Å². The summed E-state index contributed by atoms with van der Waals surface area (Å²) in [6.07, 6.45) is 1.30. The van der Waals surface area contributed by atoms with Gasteiger partial charge < -0.3 is 10.0 Å². The van der Waals surface area contributed by atoms with E-state index in [2.05, 4.69) is 6.58 Å². The molecule has 0 amide bonds. The van der Waals surface area contributed by atoms with Crippen molar-refractivity contribution < 1.29 is 9.90 Å². The summed E-state index contributed by atoms with van der Waals surface area (Å²) in [5, 5.41) is 8.75. The van der Waals surface area contributed by atoms with Crippen molar-refractivity contribution in [2.24, 2.45) is 0 Å². The smallest absolute Gasteiger partial charge is 0.353 e. The van der Waals surface area contributed by atoms with Crippen LogP contribution in [0.5, 0.6) is 0 Å². The first-order valence-corrected chi connectivity index (χ1v) is 3.31. The highest BCUT2D eigenvalue weighted by Gasteiger charge is 2.12. The van der Waals surface area contributed by atoms with E-state index in [1.807, 2.05) is 0 Å². The number of likely N-dealkylation sites (N-methyl/N-ethyl adjacent to an activating group) is 1. The number of aliphatic carboxylic acids is 1. The number of rotatable bonds is 3. The van der Waals surface area contributed by atoms with Gasteiger partial charge in [0.25, 0.3) is 0 Å². The van der Waals surface area contributed by atoms with Crippen LogP contribution in [-0.2, 0) is 4.79 Å². The van der Waals surface area contributed by atoms with Crippen molar-refractivity contribution in [3.8, 4) is 0 Å². The molecule has 0 heterocycles. The van der Waals surface area contributed by atoms with Crippen LogP contribution >= 0.6 is 11.6 Å². The molecule has 0 aromatic rings. The third-order valence-electron chi connectivity index (χ3n) is 1.06. The first kappa shape index (κ1) is 10.0. The molecule has 0 radical (unpaired) electrons. The fourth-order valence-electron chi connectivity index (χ4n) is 0.604. The van der Waals surface area contributed by atoms with Gasteiger partial charge in [-0.1, -0.05) is 18.2 Å². The average Bonchev–Trinajstić information content (AvgIpc) is 1.85. The van der Waals surface area contributed by atoms with Gasteiger partial charge in [-0.15, -0.1) is 0 Å². The minimum Gasteiger partial charge on any atom is -0.477 e. The van der Waals surface area contributed by atoms with E-state index in [-0.39, 0.29) is 10.7 Å². The molecule has 0 fully saturated rings. The lowest BCUT2D eigenvalue weighted by molar-refractivity contribution is -0.134. The van der Waals surface area contributed by atoms with Crippen molar-refractivity contribution in [3.05, 3.63) is 23.4 Å². The molecule has 3 nitrogen and oxygen atoms in total. The monoisotopic (exact) mass is 175 g/mol. The number of allylic oxidation sites excluding steroid dienone is 2. The summed E-state index contributed by atoms with van der Waals surface area (Å²) in [5.41, 5.74) is 0.0432. The summed E-state index contributed by atoms with van der Waals surface area (Å²) in [6.45, 7) is 3.37. The molecule has 0 saturated heterocycles. The maximum absolute atomic E-state index is 10.5. The second kappa shape index (κ2) is 4.03. The van der Waals surface area contributed by atoms with Gasteiger partial charge in [0.1, 0.15) is 5.70 Å². The van der Waals surface area contributed by atoms with Gasteiger partial charge in [-0.2, -0.15) is 0 Å². The molecule has 0 aliphatic heterocycles. The Labute approximate surface area is 70.6 Å². The van der Waals surface area contributed by atoms with Gasteiger partial charge in [0.15, 0.2) is 0 Å².